The van der Waals surface area contributed by atoms with Gasteiger partial charge in [-0.05, 0) is 17.0 Å². The lowest BCUT2D eigenvalue weighted by Gasteiger charge is -2.18. The largest absolute Gasteiger partial charge is 0.481 e. The van der Waals surface area contributed by atoms with Crippen molar-refractivity contribution < 1.29 is 9.90 Å². The fourth-order valence-electron chi connectivity index (χ4n) is 1.54. The Hall–Kier alpha value is -1.35. The molecule has 3 N–H and O–H groups in total. The molecule has 1 unspecified atom stereocenters. The molecule has 0 bridgehead atoms. The van der Waals surface area contributed by atoms with Crippen molar-refractivity contribution in [1.29, 1.82) is 0 Å². The van der Waals surface area contributed by atoms with E-state index in [1.165, 1.54) is 0 Å². The van der Waals surface area contributed by atoms with Crippen LogP contribution in [0.15, 0.2) is 24.3 Å². The maximum atomic E-state index is 10.7. The van der Waals surface area contributed by atoms with E-state index < -0.39 is 5.97 Å². The molecule has 15 heavy (non-hydrogen) atoms. The Labute approximate surface area is 89.9 Å². The zero-order valence-corrected chi connectivity index (χ0v) is 9.10. The van der Waals surface area contributed by atoms with Gasteiger partial charge in [0.2, 0.25) is 0 Å². The fraction of sp³-hybridized carbons (Fsp3) is 0.417. The van der Waals surface area contributed by atoms with E-state index in [1.807, 2.05) is 38.1 Å². The molecule has 1 aromatic rings. The Kier molecular flexibility index (Phi) is 3.86. The van der Waals surface area contributed by atoms with Gasteiger partial charge in [-0.3, -0.25) is 4.79 Å². The number of benzene rings is 1. The van der Waals surface area contributed by atoms with Gasteiger partial charge in [0.25, 0.3) is 0 Å². The first-order valence-electron chi connectivity index (χ1n) is 5.07. The lowest BCUT2D eigenvalue weighted by Crippen LogP contribution is -2.19. The van der Waals surface area contributed by atoms with Crippen molar-refractivity contribution >= 4 is 5.97 Å². The predicted octanol–water partition coefficient (Wildman–Crippen LogP) is 1.97. The quantitative estimate of drug-likeness (QED) is 0.793. The Morgan fingerprint density at radius 3 is 2.53 bits per heavy atom. The third kappa shape index (κ3) is 3.06. The van der Waals surface area contributed by atoms with Crippen LogP contribution in [0.2, 0.25) is 0 Å². The van der Waals surface area contributed by atoms with Crippen LogP contribution in [0.1, 0.15) is 31.0 Å². The summed E-state index contributed by atoms with van der Waals surface area (Å²) < 4.78 is 0. The molecule has 0 saturated carbocycles. The van der Waals surface area contributed by atoms with Crippen molar-refractivity contribution in [2.75, 3.05) is 0 Å². The molecule has 1 aromatic carbocycles. The van der Waals surface area contributed by atoms with Gasteiger partial charge in [-0.15, -0.1) is 0 Å². The van der Waals surface area contributed by atoms with Gasteiger partial charge in [0.15, 0.2) is 0 Å². The van der Waals surface area contributed by atoms with Crippen LogP contribution in [0.25, 0.3) is 0 Å². The number of carboxylic acid groups (broad SMARTS) is 1. The first kappa shape index (κ1) is 11.7. The molecule has 1 atom stereocenters. The lowest BCUT2D eigenvalue weighted by atomic mass is 9.92. The maximum Gasteiger partial charge on any atom is 0.307 e. The molecule has 3 nitrogen and oxygen atoms in total. The van der Waals surface area contributed by atoms with Crippen LogP contribution < -0.4 is 5.73 Å². The van der Waals surface area contributed by atoms with Gasteiger partial charge in [-0.25, -0.2) is 0 Å². The van der Waals surface area contributed by atoms with Gasteiger partial charge in [-0.2, -0.15) is 0 Å². The molecular formula is C12H17NO2. The smallest absolute Gasteiger partial charge is 0.307 e. The minimum absolute atomic E-state index is 0.0383. The van der Waals surface area contributed by atoms with Crippen LogP contribution in [0.3, 0.4) is 0 Å². The molecule has 3 heteroatoms. The standard InChI is InChI=1S/C12H17NO2/c1-8(2)12(13)10-6-4-3-5-9(10)7-11(14)15/h3-6,8,12H,7,13H2,1-2H3,(H,14,15). The fourth-order valence-corrected chi connectivity index (χ4v) is 1.54. The molecule has 0 aliphatic carbocycles. The van der Waals surface area contributed by atoms with Crippen molar-refractivity contribution in [2.24, 2.45) is 11.7 Å². The van der Waals surface area contributed by atoms with Gasteiger partial charge in [0.05, 0.1) is 6.42 Å². The zero-order chi connectivity index (χ0) is 11.4. The molecule has 0 fully saturated rings. The molecule has 0 heterocycles. The van der Waals surface area contributed by atoms with Crippen molar-refractivity contribution in [3.05, 3.63) is 35.4 Å². The summed E-state index contributed by atoms with van der Waals surface area (Å²) in [5.74, 6) is -0.515. The number of hydrogen-bond acceptors (Lipinski definition) is 2. The molecule has 0 aromatic heterocycles. The second kappa shape index (κ2) is 4.94. The zero-order valence-electron chi connectivity index (χ0n) is 9.10. The number of carboxylic acids is 1. The maximum absolute atomic E-state index is 10.7. The highest BCUT2D eigenvalue weighted by Crippen LogP contribution is 2.22. The molecule has 0 spiro atoms. The average molecular weight is 207 g/mol. The summed E-state index contributed by atoms with van der Waals surface area (Å²) >= 11 is 0. The highest BCUT2D eigenvalue weighted by Gasteiger charge is 2.15. The van der Waals surface area contributed by atoms with E-state index >= 15 is 0 Å². The van der Waals surface area contributed by atoms with E-state index in [0.29, 0.717) is 5.92 Å². The van der Waals surface area contributed by atoms with Crippen LogP contribution in [0.4, 0.5) is 0 Å². The van der Waals surface area contributed by atoms with Crippen LogP contribution in [0, 0.1) is 5.92 Å². The lowest BCUT2D eigenvalue weighted by molar-refractivity contribution is -0.136. The Morgan fingerprint density at radius 1 is 1.40 bits per heavy atom. The molecule has 0 amide bonds. The van der Waals surface area contributed by atoms with Gasteiger partial charge in [-0.1, -0.05) is 38.1 Å². The van der Waals surface area contributed by atoms with Gasteiger partial charge in [0, 0.05) is 6.04 Å². The molecule has 1 rings (SSSR count). The summed E-state index contributed by atoms with van der Waals surface area (Å²) in [7, 11) is 0. The molecular weight excluding hydrogens is 190 g/mol. The number of hydrogen-bond donors (Lipinski definition) is 2. The highest BCUT2D eigenvalue weighted by atomic mass is 16.4. The van der Waals surface area contributed by atoms with Crippen LogP contribution in [-0.4, -0.2) is 11.1 Å². The van der Waals surface area contributed by atoms with Crippen molar-refractivity contribution in [1.82, 2.24) is 0 Å². The molecule has 0 aliphatic heterocycles. The summed E-state index contributed by atoms with van der Waals surface area (Å²) in [4.78, 5) is 10.7. The monoisotopic (exact) mass is 207 g/mol. The molecule has 0 aliphatic rings. The second-order valence-corrected chi connectivity index (χ2v) is 4.04. The van der Waals surface area contributed by atoms with E-state index in [0.717, 1.165) is 11.1 Å². The number of rotatable bonds is 4. The molecule has 82 valence electrons. The third-order valence-electron chi connectivity index (χ3n) is 2.47. The van der Waals surface area contributed by atoms with Crippen LogP contribution in [-0.2, 0) is 11.2 Å². The normalized spacial score (nSPS) is 12.8. The Bertz CT molecular complexity index is 347. The van der Waals surface area contributed by atoms with Gasteiger partial charge < -0.3 is 10.8 Å². The minimum Gasteiger partial charge on any atom is -0.481 e. The van der Waals surface area contributed by atoms with Crippen molar-refractivity contribution in [3.63, 3.8) is 0 Å². The highest BCUT2D eigenvalue weighted by molar-refractivity contribution is 5.70. The summed E-state index contributed by atoms with van der Waals surface area (Å²) in [5.41, 5.74) is 7.77. The summed E-state index contributed by atoms with van der Waals surface area (Å²) in [6.07, 6.45) is 0.0383. The van der Waals surface area contributed by atoms with E-state index in [-0.39, 0.29) is 12.5 Å². The first-order valence-corrected chi connectivity index (χ1v) is 5.07. The van der Waals surface area contributed by atoms with Crippen molar-refractivity contribution in [2.45, 2.75) is 26.3 Å². The van der Waals surface area contributed by atoms with Crippen LogP contribution in [0.5, 0.6) is 0 Å². The van der Waals surface area contributed by atoms with Gasteiger partial charge in [0.1, 0.15) is 0 Å². The SMILES string of the molecule is CC(C)C(N)c1ccccc1CC(=O)O. The van der Waals surface area contributed by atoms with E-state index in [2.05, 4.69) is 0 Å². The first-order chi connectivity index (χ1) is 7.02. The molecule has 0 saturated heterocycles. The van der Waals surface area contributed by atoms with Gasteiger partial charge >= 0.3 is 5.97 Å². The average Bonchev–Trinajstić information content (AvgIpc) is 2.16. The summed E-state index contributed by atoms with van der Waals surface area (Å²) in [6.45, 7) is 4.06. The topological polar surface area (TPSA) is 63.3 Å². The minimum atomic E-state index is -0.821. The van der Waals surface area contributed by atoms with E-state index in [4.69, 9.17) is 10.8 Å². The number of nitrogens with two attached hydrogens (primary N) is 1. The summed E-state index contributed by atoms with van der Waals surface area (Å²) in [5, 5.41) is 8.77. The third-order valence-corrected chi connectivity index (χ3v) is 2.47. The van der Waals surface area contributed by atoms with E-state index in [9.17, 15) is 4.79 Å². The van der Waals surface area contributed by atoms with E-state index in [1.54, 1.807) is 0 Å². The number of carbonyl (C=O) groups is 1. The summed E-state index contributed by atoms with van der Waals surface area (Å²) in [6, 6.07) is 7.37. The van der Waals surface area contributed by atoms with Crippen LogP contribution >= 0.6 is 0 Å². The Balaban J connectivity index is 3.00. The second-order valence-electron chi connectivity index (χ2n) is 4.04. The predicted molar refractivity (Wildman–Crippen MR) is 59.5 cm³/mol. The number of aliphatic carboxylic acids is 1. The van der Waals surface area contributed by atoms with Crippen molar-refractivity contribution in [3.8, 4) is 0 Å². The Morgan fingerprint density at radius 2 is 2.00 bits per heavy atom. The molecule has 0 radical (unpaired) electrons.